The van der Waals surface area contributed by atoms with Gasteiger partial charge in [-0.2, -0.15) is 0 Å². The minimum Gasteiger partial charge on any atom is -0.309 e. The fourth-order valence-electron chi connectivity index (χ4n) is 3.20. The first-order valence-electron chi connectivity index (χ1n) is 8.24. The first-order valence-corrected chi connectivity index (χ1v) is 9.05. The molecule has 0 bridgehead atoms. The molecule has 1 atom stereocenters. The lowest BCUT2D eigenvalue weighted by atomic mass is 9.88. The first-order chi connectivity index (χ1) is 10.3. The van der Waals surface area contributed by atoms with Gasteiger partial charge in [-0.15, -0.1) is 11.3 Å². The zero-order valence-corrected chi connectivity index (χ0v) is 13.9. The van der Waals surface area contributed by atoms with Crippen molar-refractivity contribution in [2.45, 2.75) is 52.0 Å². The van der Waals surface area contributed by atoms with Crippen LogP contribution in [0.5, 0.6) is 0 Å². The SMILES string of the molecule is CCCNC(C)c1ccc(-c2cccc3c2CCCC3)s1. The summed E-state index contributed by atoms with van der Waals surface area (Å²) in [6, 6.07) is 11.9. The lowest BCUT2D eigenvalue weighted by Gasteiger charge is -2.18. The third-order valence-electron chi connectivity index (χ3n) is 4.42. The Morgan fingerprint density at radius 3 is 2.86 bits per heavy atom. The summed E-state index contributed by atoms with van der Waals surface area (Å²) in [6.45, 7) is 5.58. The molecule has 1 nitrogen and oxygen atoms in total. The molecule has 2 aromatic rings. The number of nitrogens with one attached hydrogen (secondary N) is 1. The maximum atomic E-state index is 3.59. The van der Waals surface area contributed by atoms with E-state index in [9.17, 15) is 0 Å². The average molecular weight is 299 g/mol. The molecule has 0 amide bonds. The summed E-state index contributed by atoms with van der Waals surface area (Å²) in [7, 11) is 0. The number of aryl methyl sites for hydroxylation is 1. The van der Waals surface area contributed by atoms with Gasteiger partial charge < -0.3 is 5.32 Å². The van der Waals surface area contributed by atoms with Crippen LogP contribution >= 0.6 is 11.3 Å². The number of hydrogen-bond acceptors (Lipinski definition) is 2. The van der Waals surface area contributed by atoms with Crippen molar-refractivity contribution in [2.24, 2.45) is 0 Å². The van der Waals surface area contributed by atoms with Gasteiger partial charge in [0.1, 0.15) is 0 Å². The molecule has 0 radical (unpaired) electrons. The predicted octanol–water partition coefficient (Wildman–Crippen LogP) is 5.35. The number of benzene rings is 1. The van der Waals surface area contributed by atoms with Crippen LogP contribution in [0.2, 0.25) is 0 Å². The molecular formula is C19H25NS. The zero-order chi connectivity index (χ0) is 14.7. The van der Waals surface area contributed by atoms with Crippen molar-refractivity contribution in [3.8, 4) is 10.4 Å². The van der Waals surface area contributed by atoms with Gasteiger partial charge in [-0.25, -0.2) is 0 Å². The Kier molecular flexibility index (Phi) is 4.77. The highest BCUT2D eigenvalue weighted by atomic mass is 32.1. The molecule has 0 saturated heterocycles. The third kappa shape index (κ3) is 3.22. The maximum absolute atomic E-state index is 3.59. The van der Waals surface area contributed by atoms with E-state index in [0.717, 1.165) is 6.54 Å². The van der Waals surface area contributed by atoms with Gasteiger partial charge >= 0.3 is 0 Å². The van der Waals surface area contributed by atoms with Crippen LogP contribution in [0.15, 0.2) is 30.3 Å². The van der Waals surface area contributed by atoms with E-state index in [1.54, 1.807) is 11.1 Å². The van der Waals surface area contributed by atoms with E-state index in [2.05, 4.69) is 49.5 Å². The Hall–Kier alpha value is -1.12. The van der Waals surface area contributed by atoms with E-state index in [4.69, 9.17) is 0 Å². The third-order valence-corrected chi connectivity index (χ3v) is 5.72. The maximum Gasteiger partial charge on any atom is 0.0386 e. The van der Waals surface area contributed by atoms with Crippen molar-refractivity contribution in [3.63, 3.8) is 0 Å². The summed E-state index contributed by atoms with van der Waals surface area (Å²) < 4.78 is 0. The Bertz CT molecular complexity index is 599. The second kappa shape index (κ2) is 6.76. The molecule has 1 aliphatic rings. The smallest absolute Gasteiger partial charge is 0.0386 e. The highest BCUT2D eigenvalue weighted by molar-refractivity contribution is 7.15. The Morgan fingerprint density at radius 2 is 2.00 bits per heavy atom. The molecule has 2 heteroatoms. The molecule has 0 spiro atoms. The summed E-state index contributed by atoms with van der Waals surface area (Å²) >= 11 is 1.95. The van der Waals surface area contributed by atoms with Gasteiger partial charge in [0.25, 0.3) is 0 Å². The monoisotopic (exact) mass is 299 g/mol. The second-order valence-corrected chi connectivity index (χ2v) is 7.14. The lowest BCUT2D eigenvalue weighted by molar-refractivity contribution is 0.578. The van der Waals surface area contributed by atoms with Crippen LogP contribution in [0, 0.1) is 0 Å². The molecule has 1 unspecified atom stereocenters. The molecule has 21 heavy (non-hydrogen) atoms. The minimum atomic E-state index is 0.461. The Labute approximate surface area is 132 Å². The van der Waals surface area contributed by atoms with Crippen LogP contribution in [-0.4, -0.2) is 6.54 Å². The fourth-order valence-corrected chi connectivity index (χ4v) is 4.29. The second-order valence-electron chi connectivity index (χ2n) is 6.03. The molecule has 1 aromatic carbocycles. The minimum absolute atomic E-state index is 0.461. The highest BCUT2D eigenvalue weighted by Crippen LogP contribution is 2.36. The highest BCUT2D eigenvalue weighted by Gasteiger charge is 2.16. The molecule has 1 heterocycles. The number of thiophene rings is 1. The predicted molar refractivity (Wildman–Crippen MR) is 93.1 cm³/mol. The van der Waals surface area contributed by atoms with E-state index in [0.29, 0.717) is 6.04 Å². The van der Waals surface area contributed by atoms with Gasteiger partial charge in [0.15, 0.2) is 0 Å². The van der Waals surface area contributed by atoms with E-state index in [-0.39, 0.29) is 0 Å². The van der Waals surface area contributed by atoms with Crippen molar-refractivity contribution < 1.29 is 0 Å². The van der Waals surface area contributed by atoms with Crippen molar-refractivity contribution >= 4 is 11.3 Å². The molecule has 1 N–H and O–H groups in total. The van der Waals surface area contributed by atoms with E-state index in [1.807, 2.05) is 11.3 Å². The largest absolute Gasteiger partial charge is 0.309 e. The fraction of sp³-hybridized carbons (Fsp3) is 0.474. The molecule has 0 fully saturated rings. The normalized spacial score (nSPS) is 15.7. The zero-order valence-electron chi connectivity index (χ0n) is 13.1. The van der Waals surface area contributed by atoms with Crippen LogP contribution in [0.4, 0.5) is 0 Å². The number of rotatable bonds is 5. The van der Waals surface area contributed by atoms with Crippen molar-refractivity contribution in [1.82, 2.24) is 5.32 Å². The van der Waals surface area contributed by atoms with Crippen LogP contribution in [0.25, 0.3) is 10.4 Å². The summed E-state index contributed by atoms with van der Waals surface area (Å²) in [5, 5.41) is 3.59. The van der Waals surface area contributed by atoms with Gasteiger partial charge in [0.05, 0.1) is 0 Å². The van der Waals surface area contributed by atoms with Crippen molar-refractivity contribution in [1.29, 1.82) is 0 Å². The number of fused-ring (bicyclic) bond motifs is 1. The lowest BCUT2D eigenvalue weighted by Crippen LogP contribution is -2.18. The van der Waals surface area contributed by atoms with Gasteiger partial charge in [-0.1, -0.05) is 25.1 Å². The number of hydrogen-bond donors (Lipinski definition) is 1. The van der Waals surface area contributed by atoms with Crippen molar-refractivity contribution in [2.75, 3.05) is 6.54 Å². The van der Waals surface area contributed by atoms with Crippen LogP contribution < -0.4 is 5.32 Å². The van der Waals surface area contributed by atoms with Gasteiger partial charge in [0, 0.05) is 15.8 Å². The van der Waals surface area contributed by atoms with E-state index >= 15 is 0 Å². The van der Waals surface area contributed by atoms with Crippen molar-refractivity contribution in [3.05, 3.63) is 46.3 Å². The molecule has 112 valence electrons. The van der Waals surface area contributed by atoms with Crippen LogP contribution in [-0.2, 0) is 12.8 Å². The van der Waals surface area contributed by atoms with Crippen LogP contribution in [0.3, 0.4) is 0 Å². The summed E-state index contributed by atoms with van der Waals surface area (Å²) in [6.07, 6.45) is 6.40. The first kappa shape index (κ1) is 14.8. The summed E-state index contributed by atoms with van der Waals surface area (Å²) in [5.41, 5.74) is 4.66. The van der Waals surface area contributed by atoms with E-state index in [1.165, 1.54) is 47.4 Å². The van der Waals surface area contributed by atoms with Gasteiger partial charge in [0.2, 0.25) is 0 Å². The van der Waals surface area contributed by atoms with Crippen LogP contribution in [0.1, 0.15) is 55.2 Å². The Balaban J connectivity index is 1.86. The summed E-state index contributed by atoms with van der Waals surface area (Å²) in [5.74, 6) is 0. The Morgan fingerprint density at radius 1 is 1.14 bits per heavy atom. The average Bonchev–Trinajstić information content (AvgIpc) is 3.02. The van der Waals surface area contributed by atoms with Gasteiger partial charge in [-0.3, -0.25) is 0 Å². The van der Waals surface area contributed by atoms with E-state index < -0.39 is 0 Å². The molecule has 3 rings (SSSR count). The topological polar surface area (TPSA) is 12.0 Å². The molecule has 1 aliphatic carbocycles. The van der Waals surface area contributed by atoms with Gasteiger partial charge in [-0.05, 0) is 74.4 Å². The molecule has 0 aliphatic heterocycles. The standard InChI is InChI=1S/C19H25NS/c1-3-13-20-14(2)18-11-12-19(21-18)17-10-6-8-15-7-4-5-9-16(15)17/h6,8,10-12,14,20H,3-5,7,9,13H2,1-2H3. The molecule has 1 aromatic heterocycles. The quantitative estimate of drug-likeness (QED) is 0.784. The summed E-state index contributed by atoms with van der Waals surface area (Å²) in [4.78, 5) is 2.89. The molecule has 0 saturated carbocycles. The molecular weight excluding hydrogens is 274 g/mol.